The molecule has 5 heteroatoms. The predicted molar refractivity (Wildman–Crippen MR) is 91.1 cm³/mol. The number of ether oxygens (including phenoxy) is 1. The van der Waals surface area contributed by atoms with Crippen molar-refractivity contribution >= 4 is 23.5 Å². The highest BCUT2D eigenvalue weighted by molar-refractivity contribution is 6.19. The molecule has 2 aliphatic carbocycles. The Balaban J connectivity index is 1.75. The van der Waals surface area contributed by atoms with Gasteiger partial charge in [-0.25, -0.2) is 4.79 Å². The Labute approximate surface area is 147 Å². The molecule has 4 atom stereocenters. The van der Waals surface area contributed by atoms with Crippen molar-refractivity contribution < 1.29 is 14.3 Å². The van der Waals surface area contributed by atoms with Crippen molar-refractivity contribution in [2.75, 3.05) is 6.54 Å². The second-order valence-electron chi connectivity index (χ2n) is 7.32. The van der Waals surface area contributed by atoms with Gasteiger partial charge in [0.15, 0.2) is 5.56 Å². The third-order valence-electron chi connectivity index (χ3n) is 6.10. The van der Waals surface area contributed by atoms with E-state index in [-0.39, 0.29) is 17.6 Å². The van der Waals surface area contributed by atoms with Gasteiger partial charge in [-0.2, -0.15) is 0 Å². The van der Waals surface area contributed by atoms with E-state index in [9.17, 15) is 9.59 Å². The second-order valence-corrected chi connectivity index (χ2v) is 7.93. The van der Waals surface area contributed by atoms with Crippen LogP contribution in [0, 0.1) is 5.92 Å². The number of benzene rings is 1. The lowest BCUT2D eigenvalue weighted by Gasteiger charge is -2.58. The Kier molecular flexibility index (Phi) is 3.83. The van der Waals surface area contributed by atoms with Crippen LogP contribution in [0.25, 0.3) is 0 Å². The summed E-state index contributed by atoms with van der Waals surface area (Å²) >= 11 is 5.85. The first-order valence-electron chi connectivity index (χ1n) is 8.73. The summed E-state index contributed by atoms with van der Waals surface area (Å²) in [4.78, 5) is 26.6. The average molecular weight is 348 g/mol. The smallest absolute Gasteiger partial charge is 0.411 e. The van der Waals surface area contributed by atoms with Gasteiger partial charge in [-0.1, -0.05) is 35.9 Å². The fourth-order valence-electron chi connectivity index (χ4n) is 5.23. The van der Waals surface area contributed by atoms with Crippen molar-refractivity contribution in [2.24, 2.45) is 5.92 Å². The molecular formula is C19H22ClNO3. The van der Waals surface area contributed by atoms with Crippen LogP contribution in [0.1, 0.15) is 43.7 Å². The summed E-state index contributed by atoms with van der Waals surface area (Å²) in [6.07, 6.45) is 3.43. The summed E-state index contributed by atoms with van der Waals surface area (Å²) in [5.74, 6) is 0.684. The molecule has 4 nitrogen and oxygen atoms in total. The number of Topliss-reactive ketones (excluding diaryl/α,β-unsaturated/α-hetero) is 1. The lowest BCUT2D eigenvalue weighted by Crippen LogP contribution is -2.63. The highest BCUT2D eigenvalue weighted by Crippen LogP contribution is 2.55. The van der Waals surface area contributed by atoms with Crippen LogP contribution in [0.3, 0.4) is 0 Å². The molecule has 1 saturated heterocycles. The molecule has 1 aromatic rings. The quantitative estimate of drug-likeness (QED) is 0.728. The van der Waals surface area contributed by atoms with Crippen LogP contribution in [0.4, 0.5) is 4.79 Å². The molecule has 1 heterocycles. The highest BCUT2D eigenvalue weighted by atomic mass is 35.5. The number of likely N-dealkylation sites (tertiary alicyclic amines) is 1. The number of fused-ring (bicyclic) bond motifs is 1. The molecule has 1 unspecified atom stereocenters. The average Bonchev–Trinajstić information content (AvgIpc) is 2.53. The number of carbonyl (C=O) groups excluding carboxylic acids is 2. The Morgan fingerprint density at radius 1 is 1.42 bits per heavy atom. The van der Waals surface area contributed by atoms with Crippen LogP contribution in [-0.2, 0) is 21.4 Å². The number of hydrogen-bond donors (Lipinski definition) is 0. The van der Waals surface area contributed by atoms with Gasteiger partial charge < -0.3 is 9.64 Å². The molecule has 24 heavy (non-hydrogen) atoms. The summed E-state index contributed by atoms with van der Waals surface area (Å²) in [6, 6.07) is 8.54. The topological polar surface area (TPSA) is 46.6 Å². The number of amides is 1. The highest BCUT2D eigenvalue weighted by Gasteiger charge is 2.56. The lowest BCUT2D eigenvalue weighted by atomic mass is 9.52. The van der Waals surface area contributed by atoms with E-state index in [4.69, 9.17) is 16.3 Å². The molecule has 0 aromatic heterocycles. The van der Waals surface area contributed by atoms with E-state index in [1.165, 1.54) is 11.1 Å². The maximum atomic E-state index is 12.5. The van der Waals surface area contributed by atoms with E-state index in [2.05, 4.69) is 18.2 Å². The standard InChI is InChI=1S/C19H22ClNO3/c1-12(20)24-18(23)21-9-8-19-11-14(22)6-7-16(19)17(21)10-13-4-2-3-5-15(13)19/h2-5,12,16-17H,6-11H2,1H3/t12?,16-,17+,19+/m0/s1. The van der Waals surface area contributed by atoms with E-state index >= 15 is 0 Å². The van der Waals surface area contributed by atoms with E-state index in [0.717, 1.165) is 19.3 Å². The minimum absolute atomic E-state index is 0.0990. The number of halogens is 1. The van der Waals surface area contributed by atoms with Gasteiger partial charge in [-0.15, -0.1) is 0 Å². The van der Waals surface area contributed by atoms with Crippen LogP contribution >= 0.6 is 11.6 Å². The summed E-state index contributed by atoms with van der Waals surface area (Å²) in [5.41, 5.74) is 1.87. The van der Waals surface area contributed by atoms with E-state index in [1.807, 2.05) is 11.0 Å². The molecule has 1 aliphatic heterocycles. The van der Waals surface area contributed by atoms with Gasteiger partial charge in [0.25, 0.3) is 0 Å². The largest absolute Gasteiger partial charge is 0.430 e. The van der Waals surface area contributed by atoms with Crippen LogP contribution in [0.2, 0.25) is 0 Å². The van der Waals surface area contributed by atoms with Crippen molar-refractivity contribution in [3.05, 3.63) is 35.4 Å². The van der Waals surface area contributed by atoms with Gasteiger partial charge in [0.2, 0.25) is 0 Å². The van der Waals surface area contributed by atoms with Crippen molar-refractivity contribution in [3.63, 3.8) is 0 Å². The van der Waals surface area contributed by atoms with Crippen LogP contribution in [0.15, 0.2) is 24.3 Å². The van der Waals surface area contributed by atoms with Crippen molar-refractivity contribution in [1.29, 1.82) is 0 Å². The summed E-state index contributed by atoms with van der Waals surface area (Å²) in [5, 5.41) is 0. The first kappa shape index (κ1) is 15.9. The Hall–Kier alpha value is -1.55. The third kappa shape index (κ3) is 2.34. The van der Waals surface area contributed by atoms with Gasteiger partial charge in [0, 0.05) is 30.8 Å². The fraction of sp³-hybridized carbons (Fsp3) is 0.579. The van der Waals surface area contributed by atoms with E-state index in [0.29, 0.717) is 31.1 Å². The minimum atomic E-state index is -0.631. The molecular weight excluding hydrogens is 326 g/mol. The Morgan fingerprint density at radius 3 is 3.00 bits per heavy atom. The molecule has 0 N–H and O–H groups in total. The second kappa shape index (κ2) is 5.76. The van der Waals surface area contributed by atoms with Crippen LogP contribution in [-0.4, -0.2) is 34.9 Å². The number of piperidine rings is 1. The zero-order valence-electron chi connectivity index (χ0n) is 13.8. The third-order valence-corrected chi connectivity index (χ3v) is 6.19. The Morgan fingerprint density at radius 2 is 2.21 bits per heavy atom. The van der Waals surface area contributed by atoms with Crippen molar-refractivity contribution in [3.8, 4) is 0 Å². The SMILES string of the molecule is CC(Cl)OC(=O)N1CC[C@]23CC(=O)CC[C@H]2[C@H]1Cc1ccccc13. The number of alkyl halides is 1. The molecule has 4 rings (SSSR count). The number of rotatable bonds is 1. The number of ketones is 1. The summed E-state index contributed by atoms with van der Waals surface area (Å²) in [7, 11) is 0. The van der Waals surface area contributed by atoms with Crippen molar-refractivity contribution in [2.45, 2.75) is 56.0 Å². The van der Waals surface area contributed by atoms with Gasteiger partial charge in [-0.3, -0.25) is 4.79 Å². The molecule has 2 fully saturated rings. The normalized spacial score (nSPS) is 32.6. The van der Waals surface area contributed by atoms with Gasteiger partial charge in [0.05, 0.1) is 0 Å². The molecule has 2 bridgehead atoms. The Bertz CT molecular complexity index is 689. The zero-order chi connectivity index (χ0) is 16.9. The van der Waals surface area contributed by atoms with Crippen LogP contribution in [0.5, 0.6) is 0 Å². The molecule has 128 valence electrons. The summed E-state index contributed by atoms with van der Waals surface area (Å²) in [6.45, 7) is 2.29. The number of carbonyl (C=O) groups is 2. The van der Waals surface area contributed by atoms with Crippen LogP contribution < -0.4 is 0 Å². The molecule has 1 saturated carbocycles. The zero-order valence-corrected chi connectivity index (χ0v) is 14.6. The number of hydrogen-bond acceptors (Lipinski definition) is 3. The fourth-order valence-corrected chi connectivity index (χ4v) is 5.30. The maximum absolute atomic E-state index is 12.5. The first-order chi connectivity index (χ1) is 11.5. The first-order valence-corrected chi connectivity index (χ1v) is 9.16. The monoisotopic (exact) mass is 347 g/mol. The van der Waals surface area contributed by atoms with E-state index in [1.54, 1.807) is 6.92 Å². The summed E-state index contributed by atoms with van der Waals surface area (Å²) < 4.78 is 5.25. The molecule has 0 spiro atoms. The molecule has 3 aliphatic rings. The lowest BCUT2D eigenvalue weighted by molar-refractivity contribution is -0.126. The molecule has 1 aromatic carbocycles. The van der Waals surface area contributed by atoms with Gasteiger partial charge in [-0.05, 0) is 43.2 Å². The van der Waals surface area contributed by atoms with Gasteiger partial charge in [0.1, 0.15) is 5.78 Å². The van der Waals surface area contributed by atoms with Gasteiger partial charge >= 0.3 is 6.09 Å². The molecule has 0 radical (unpaired) electrons. The van der Waals surface area contributed by atoms with E-state index < -0.39 is 5.56 Å². The minimum Gasteiger partial charge on any atom is -0.430 e. The predicted octanol–water partition coefficient (Wildman–Crippen LogP) is 3.65. The maximum Gasteiger partial charge on any atom is 0.411 e. The molecule has 1 amide bonds. The van der Waals surface area contributed by atoms with Crippen molar-refractivity contribution in [1.82, 2.24) is 4.90 Å². The number of nitrogens with zero attached hydrogens (tertiary/aromatic N) is 1.